The summed E-state index contributed by atoms with van der Waals surface area (Å²) < 4.78 is 52.9. The molecule has 0 unspecified atom stereocenters. The van der Waals surface area contributed by atoms with E-state index in [2.05, 4.69) is 4.72 Å². The highest BCUT2D eigenvalue weighted by molar-refractivity contribution is 7.93. The lowest BCUT2D eigenvalue weighted by Gasteiger charge is -2.28. The fourth-order valence-electron chi connectivity index (χ4n) is 2.60. The SMILES string of the molecule is O=S(=O)(Nc1ccc(Cl)cc1)c1ccc(N2CCCCS2(=O)=O)cc1. The highest BCUT2D eigenvalue weighted by Crippen LogP contribution is 2.25. The van der Waals surface area contributed by atoms with Gasteiger partial charge in [-0.15, -0.1) is 0 Å². The van der Waals surface area contributed by atoms with E-state index in [9.17, 15) is 16.8 Å². The molecule has 134 valence electrons. The maximum Gasteiger partial charge on any atom is 0.261 e. The van der Waals surface area contributed by atoms with Crippen LogP contribution in [-0.4, -0.2) is 29.1 Å². The molecule has 9 heteroatoms. The smallest absolute Gasteiger partial charge is 0.261 e. The molecule has 1 aliphatic heterocycles. The normalized spacial score (nSPS) is 17.2. The lowest BCUT2D eigenvalue weighted by molar-refractivity contribution is 0.574. The number of sulfonamides is 2. The van der Waals surface area contributed by atoms with Crippen molar-refractivity contribution in [1.82, 2.24) is 0 Å². The van der Waals surface area contributed by atoms with Crippen LogP contribution in [0.4, 0.5) is 11.4 Å². The number of hydrogen-bond acceptors (Lipinski definition) is 4. The minimum atomic E-state index is -3.76. The first-order valence-electron chi connectivity index (χ1n) is 7.67. The van der Waals surface area contributed by atoms with Gasteiger partial charge in [-0.25, -0.2) is 16.8 Å². The summed E-state index contributed by atoms with van der Waals surface area (Å²) in [4.78, 5) is 0.0561. The largest absolute Gasteiger partial charge is 0.280 e. The summed E-state index contributed by atoms with van der Waals surface area (Å²) >= 11 is 5.78. The molecule has 1 aliphatic rings. The standard InChI is InChI=1S/C16H17ClN2O4S2/c17-13-3-5-14(6-4-13)18-25(22,23)16-9-7-15(8-10-16)19-11-1-2-12-24(19,20)21/h3-10,18H,1-2,11-12H2. The monoisotopic (exact) mass is 400 g/mol. The number of nitrogens with one attached hydrogen (secondary N) is 1. The maximum absolute atomic E-state index is 12.4. The third-order valence-corrected chi connectivity index (χ3v) is 7.40. The average molecular weight is 401 g/mol. The Morgan fingerprint density at radius 2 is 1.60 bits per heavy atom. The molecule has 6 nitrogen and oxygen atoms in total. The van der Waals surface area contributed by atoms with Crippen LogP contribution in [0.25, 0.3) is 0 Å². The molecule has 0 amide bonds. The molecule has 3 rings (SSSR count). The average Bonchev–Trinajstić information content (AvgIpc) is 2.57. The van der Waals surface area contributed by atoms with Crippen LogP contribution < -0.4 is 9.03 Å². The molecular formula is C16H17ClN2O4S2. The van der Waals surface area contributed by atoms with Crippen molar-refractivity contribution in [3.8, 4) is 0 Å². The number of benzene rings is 2. The molecule has 0 spiro atoms. The molecule has 25 heavy (non-hydrogen) atoms. The van der Waals surface area contributed by atoms with E-state index in [0.29, 0.717) is 29.4 Å². The predicted octanol–water partition coefficient (Wildman–Crippen LogP) is 3.07. The van der Waals surface area contributed by atoms with Gasteiger partial charge in [0, 0.05) is 17.3 Å². The Balaban J connectivity index is 1.82. The molecule has 2 aromatic rings. The number of rotatable bonds is 4. The van der Waals surface area contributed by atoms with Gasteiger partial charge in [-0.2, -0.15) is 0 Å². The van der Waals surface area contributed by atoms with Crippen LogP contribution in [0.3, 0.4) is 0 Å². The lowest BCUT2D eigenvalue weighted by atomic mass is 10.3. The van der Waals surface area contributed by atoms with Crippen molar-refractivity contribution in [2.75, 3.05) is 21.3 Å². The summed E-state index contributed by atoms with van der Waals surface area (Å²) in [5.74, 6) is 0.116. The van der Waals surface area contributed by atoms with Gasteiger partial charge >= 0.3 is 0 Å². The number of nitrogens with zero attached hydrogens (tertiary/aromatic N) is 1. The molecule has 0 saturated carbocycles. The van der Waals surface area contributed by atoms with E-state index in [1.54, 1.807) is 24.3 Å². The predicted molar refractivity (Wildman–Crippen MR) is 99.1 cm³/mol. The second kappa shape index (κ2) is 6.86. The summed E-state index contributed by atoms with van der Waals surface area (Å²) in [5.41, 5.74) is 0.872. The van der Waals surface area contributed by atoms with E-state index in [1.807, 2.05) is 0 Å². The van der Waals surface area contributed by atoms with Crippen molar-refractivity contribution >= 4 is 43.0 Å². The van der Waals surface area contributed by atoms with Gasteiger partial charge in [0.2, 0.25) is 10.0 Å². The maximum atomic E-state index is 12.4. The van der Waals surface area contributed by atoms with Gasteiger partial charge in [0.05, 0.1) is 16.3 Å². The van der Waals surface area contributed by atoms with Crippen LogP contribution in [0, 0.1) is 0 Å². The molecule has 1 fully saturated rings. The van der Waals surface area contributed by atoms with Gasteiger partial charge in [-0.1, -0.05) is 11.6 Å². The van der Waals surface area contributed by atoms with E-state index in [0.717, 1.165) is 6.42 Å². The Morgan fingerprint density at radius 3 is 2.20 bits per heavy atom. The van der Waals surface area contributed by atoms with Crippen LogP contribution in [0.5, 0.6) is 0 Å². The quantitative estimate of drug-likeness (QED) is 0.854. The molecule has 0 aromatic heterocycles. The van der Waals surface area contributed by atoms with Gasteiger partial charge < -0.3 is 0 Å². The zero-order valence-electron chi connectivity index (χ0n) is 13.2. The Labute approximate surface area is 152 Å². The lowest BCUT2D eigenvalue weighted by Crippen LogP contribution is -2.37. The molecule has 0 radical (unpaired) electrons. The molecular weight excluding hydrogens is 384 g/mol. The van der Waals surface area contributed by atoms with Gasteiger partial charge in [0.25, 0.3) is 10.0 Å². The first-order chi connectivity index (χ1) is 11.8. The Hall–Kier alpha value is -1.77. The summed E-state index contributed by atoms with van der Waals surface area (Å²) in [6.07, 6.45) is 1.44. The number of hydrogen-bond donors (Lipinski definition) is 1. The first kappa shape index (κ1) is 18.0. The number of halogens is 1. The fourth-order valence-corrected chi connectivity index (χ4v) is 5.43. The minimum Gasteiger partial charge on any atom is -0.280 e. The van der Waals surface area contributed by atoms with Gasteiger partial charge in [0.15, 0.2) is 0 Å². The van der Waals surface area contributed by atoms with Crippen molar-refractivity contribution in [2.24, 2.45) is 0 Å². The zero-order valence-corrected chi connectivity index (χ0v) is 15.6. The second-order valence-corrected chi connectivity index (χ2v) is 9.83. The van der Waals surface area contributed by atoms with Crippen LogP contribution in [0.2, 0.25) is 5.02 Å². The Bertz CT molecular complexity index is 956. The molecule has 0 bridgehead atoms. The summed E-state index contributed by atoms with van der Waals surface area (Å²) in [6, 6.07) is 12.1. The van der Waals surface area contributed by atoms with Crippen molar-refractivity contribution in [2.45, 2.75) is 17.7 Å². The van der Waals surface area contributed by atoms with Crippen LogP contribution in [0.15, 0.2) is 53.4 Å². The number of anilines is 2. The van der Waals surface area contributed by atoms with E-state index in [4.69, 9.17) is 11.6 Å². The Morgan fingerprint density at radius 1 is 0.960 bits per heavy atom. The molecule has 2 aromatic carbocycles. The minimum absolute atomic E-state index is 0.0561. The van der Waals surface area contributed by atoms with E-state index in [1.165, 1.54) is 28.6 Å². The van der Waals surface area contributed by atoms with Crippen LogP contribution >= 0.6 is 11.6 Å². The molecule has 1 saturated heterocycles. The summed E-state index contributed by atoms with van der Waals surface area (Å²) in [7, 11) is -7.09. The highest BCUT2D eigenvalue weighted by Gasteiger charge is 2.26. The molecule has 0 aliphatic carbocycles. The van der Waals surface area contributed by atoms with Gasteiger partial charge in [-0.3, -0.25) is 9.03 Å². The molecule has 0 atom stereocenters. The third kappa shape index (κ3) is 4.08. The van der Waals surface area contributed by atoms with Gasteiger partial charge in [0.1, 0.15) is 0 Å². The summed E-state index contributed by atoms with van der Waals surface area (Å²) in [6.45, 7) is 0.414. The van der Waals surface area contributed by atoms with Crippen molar-refractivity contribution in [3.63, 3.8) is 0 Å². The highest BCUT2D eigenvalue weighted by atomic mass is 35.5. The van der Waals surface area contributed by atoms with E-state index >= 15 is 0 Å². The summed E-state index contributed by atoms with van der Waals surface area (Å²) in [5, 5.41) is 0.509. The fraction of sp³-hybridized carbons (Fsp3) is 0.250. The first-order valence-corrected chi connectivity index (χ1v) is 11.1. The molecule has 1 heterocycles. The van der Waals surface area contributed by atoms with Gasteiger partial charge in [-0.05, 0) is 61.4 Å². The van der Waals surface area contributed by atoms with Crippen LogP contribution in [-0.2, 0) is 20.0 Å². The zero-order chi connectivity index (χ0) is 18.1. The van der Waals surface area contributed by atoms with Crippen molar-refractivity contribution < 1.29 is 16.8 Å². The van der Waals surface area contributed by atoms with E-state index < -0.39 is 20.0 Å². The second-order valence-electron chi connectivity index (χ2n) is 5.70. The molecule has 1 N–H and O–H groups in total. The van der Waals surface area contributed by atoms with E-state index in [-0.39, 0.29) is 10.6 Å². The van der Waals surface area contributed by atoms with Crippen LogP contribution in [0.1, 0.15) is 12.8 Å². The van der Waals surface area contributed by atoms with Crippen molar-refractivity contribution in [3.05, 3.63) is 53.6 Å². The topological polar surface area (TPSA) is 83.6 Å². The van der Waals surface area contributed by atoms with Crippen molar-refractivity contribution in [1.29, 1.82) is 0 Å². The third-order valence-electron chi connectivity index (χ3n) is 3.88. The Kier molecular flexibility index (Phi) is 4.95.